The van der Waals surface area contributed by atoms with E-state index in [0.29, 0.717) is 11.4 Å². The fourth-order valence-corrected chi connectivity index (χ4v) is 1.35. The highest BCUT2D eigenvalue weighted by molar-refractivity contribution is 5.94. The van der Waals surface area contributed by atoms with E-state index >= 15 is 0 Å². The topological polar surface area (TPSA) is 84.9 Å². The molecule has 1 aromatic rings. The minimum absolute atomic E-state index is 0.246. The number of nitrogens with one attached hydrogen (secondary N) is 1. The Morgan fingerprint density at radius 2 is 2.11 bits per heavy atom. The van der Waals surface area contributed by atoms with Gasteiger partial charge < -0.3 is 19.9 Å². The Hall–Kier alpha value is -2.08. The molecule has 0 bridgehead atoms. The van der Waals surface area contributed by atoms with Crippen molar-refractivity contribution in [2.75, 3.05) is 19.0 Å². The summed E-state index contributed by atoms with van der Waals surface area (Å²) in [5.41, 5.74) is 1.41. The number of anilines is 1. The van der Waals surface area contributed by atoms with Crippen LogP contribution in [0.2, 0.25) is 0 Å². The van der Waals surface area contributed by atoms with Crippen LogP contribution in [0.1, 0.15) is 12.5 Å². The van der Waals surface area contributed by atoms with E-state index in [9.17, 15) is 9.59 Å². The number of aryl methyl sites for hydroxylation is 1. The molecular weight excluding hydrogens is 250 g/mol. The number of hydrogen-bond acceptors (Lipinski definition) is 4. The van der Waals surface area contributed by atoms with Crippen LogP contribution in [0, 0.1) is 6.92 Å². The summed E-state index contributed by atoms with van der Waals surface area (Å²) in [6.45, 7) is 3.04. The van der Waals surface area contributed by atoms with Crippen LogP contribution in [-0.4, -0.2) is 36.8 Å². The summed E-state index contributed by atoms with van der Waals surface area (Å²) in [5, 5.41) is 11.2. The molecule has 0 radical (unpaired) electrons. The van der Waals surface area contributed by atoms with Gasteiger partial charge in [-0.3, -0.25) is 4.79 Å². The van der Waals surface area contributed by atoms with Crippen LogP contribution in [0.4, 0.5) is 5.69 Å². The lowest BCUT2D eigenvalue weighted by Gasteiger charge is -2.13. The van der Waals surface area contributed by atoms with Crippen LogP contribution >= 0.6 is 0 Å². The van der Waals surface area contributed by atoms with Gasteiger partial charge >= 0.3 is 5.97 Å². The van der Waals surface area contributed by atoms with Gasteiger partial charge in [0.05, 0.1) is 0 Å². The number of carbonyl (C=O) groups is 2. The van der Waals surface area contributed by atoms with Gasteiger partial charge in [-0.15, -0.1) is 0 Å². The third kappa shape index (κ3) is 4.59. The molecule has 104 valence electrons. The first-order chi connectivity index (χ1) is 8.93. The number of methoxy groups -OCH3 is 1. The lowest BCUT2D eigenvalue weighted by atomic mass is 10.2. The van der Waals surface area contributed by atoms with Gasteiger partial charge in [0, 0.05) is 12.8 Å². The normalized spacial score (nSPS) is 11.7. The maximum Gasteiger partial charge on any atom is 0.341 e. The monoisotopic (exact) mass is 267 g/mol. The summed E-state index contributed by atoms with van der Waals surface area (Å²) in [4.78, 5) is 22.0. The van der Waals surface area contributed by atoms with Crippen molar-refractivity contribution >= 4 is 17.6 Å². The summed E-state index contributed by atoms with van der Waals surface area (Å²) in [5.74, 6) is -0.841. The van der Waals surface area contributed by atoms with Crippen molar-refractivity contribution in [2.45, 2.75) is 20.0 Å². The second kappa shape index (κ2) is 6.75. The molecule has 1 atom stereocenters. The molecule has 0 fully saturated rings. The van der Waals surface area contributed by atoms with E-state index in [2.05, 4.69) is 5.32 Å². The van der Waals surface area contributed by atoms with Gasteiger partial charge in [0.2, 0.25) is 0 Å². The second-order valence-electron chi connectivity index (χ2n) is 4.03. The van der Waals surface area contributed by atoms with E-state index < -0.39 is 18.7 Å². The zero-order valence-electron chi connectivity index (χ0n) is 11.1. The van der Waals surface area contributed by atoms with E-state index in [1.165, 1.54) is 7.11 Å². The third-order valence-corrected chi connectivity index (χ3v) is 2.54. The molecule has 0 heterocycles. The smallest absolute Gasteiger partial charge is 0.341 e. The Labute approximate surface area is 111 Å². The third-order valence-electron chi connectivity index (χ3n) is 2.54. The van der Waals surface area contributed by atoms with Gasteiger partial charge in [-0.25, -0.2) is 4.79 Å². The fourth-order valence-electron chi connectivity index (χ4n) is 1.35. The Morgan fingerprint density at radius 3 is 2.63 bits per heavy atom. The molecule has 1 amide bonds. The van der Waals surface area contributed by atoms with Crippen molar-refractivity contribution in [3.05, 3.63) is 23.8 Å². The number of hydrogen-bond donors (Lipinski definition) is 2. The van der Waals surface area contributed by atoms with Crippen LogP contribution in [-0.2, 0) is 14.3 Å². The Balaban J connectivity index is 2.72. The Morgan fingerprint density at radius 1 is 1.42 bits per heavy atom. The van der Waals surface area contributed by atoms with E-state index in [0.717, 1.165) is 5.56 Å². The first-order valence-electron chi connectivity index (χ1n) is 5.73. The SMILES string of the molecule is COC(C)C(=O)Nc1ccc(OCC(=O)O)cc1C. The molecule has 6 nitrogen and oxygen atoms in total. The largest absolute Gasteiger partial charge is 0.482 e. The number of benzene rings is 1. The molecule has 1 aromatic carbocycles. The van der Waals surface area contributed by atoms with Crippen molar-refractivity contribution in [3.63, 3.8) is 0 Å². The van der Waals surface area contributed by atoms with E-state index in [1.54, 1.807) is 32.0 Å². The maximum atomic E-state index is 11.7. The van der Waals surface area contributed by atoms with Crippen molar-refractivity contribution in [3.8, 4) is 5.75 Å². The molecular formula is C13H17NO5. The minimum atomic E-state index is -1.04. The van der Waals surface area contributed by atoms with Gasteiger partial charge in [-0.05, 0) is 37.6 Å². The molecule has 1 unspecified atom stereocenters. The number of aliphatic carboxylic acids is 1. The van der Waals surface area contributed by atoms with Crippen molar-refractivity contribution in [2.24, 2.45) is 0 Å². The standard InChI is InChI=1S/C13H17NO5/c1-8-6-10(19-7-12(15)16)4-5-11(8)14-13(17)9(2)18-3/h4-6,9H,7H2,1-3H3,(H,14,17)(H,15,16). The summed E-state index contributed by atoms with van der Waals surface area (Å²) in [6.07, 6.45) is -0.540. The summed E-state index contributed by atoms with van der Waals surface area (Å²) in [7, 11) is 1.46. The quantitative estimate of drug-likeness (QED) is 0.814. The molecule has 0 saturated heterocycles. The number of rotatable bonds is 6. The van der Waals surface area contributed by atoms with Crippen LogP contribution in [0.15, 0.2) is 18.2 Å². The van der Waals surface area contributed by atoms with E-state index in [1.807, 2.05) is 0 Å². The summed E-state index contributed by atoms with van der Waals surface area (Å²) < 4.78 is 9.95. The fraction of sp³-hybridized carbons (Fsp3) is 0.385. The van der Waals surface area contributed by atoms with Gasteiger partial charge in [-0.1, -0.05) is 0 Å². The van der Waals surface area contributed by atoms with Gasteiger partial charge in [-0.2, -0.15) is 0 Å². The molecule has 0 aliphatic carbocycles. The molecule has 0 aliphatic heterocycles. The van der Waals surface area contributed by atoms with Crippen LogP contribution < -0.4 is 10.1 Å². The predicted octanol–water partition coefficient (Wildman–Crippen LogP) is 1.43. The van der Waals surface area contributed by atoms with Crippen LogP contribution in [0.3, 0.4) is 0 Å². The molecule has 6 heteroatoms. The highest BCUT2D eigenvalue weighted by Gasteiger charge is 2.13. The summed E-state index contributed by atoms with van der Waals surface area (Å²) >= 11 is 0. The van der Waals surface area contributed by atoms with E-state index in [4.69, 9.17) is 14.6 Å². The van der Waals surface area contributed by atoms with Crippen molar-refractivity contribution < 1.29 is 24.2 Å². The molecule has 0 aliphatic rings. The highest BCUT2D eigenvalue weighted by atomic mass is 16.5. The number of ether oxygens (including phenoxy) is 2. The van der Waals surface area contributed by atoms with Gasteiger partial charge in [0.25, 0.3) is 5.91 Å². The Bertz CT molecular complexity index is 472. The maximum absolute atomic E-state index is 11.7. The zero-order chi connectivity index (χ0) is 14.4. The van der Waals surface area contributed by atoms with E-state index in [-0.39, 0.29) is 5.91 Å². The molecule has 19 heavy (non-hydrogen) atoms. The molecule has 1 rings (SSSR count). The zero-order valence-corrected chi connectivity index (χ0v) is 11.1. The average Bonchev–Trinajstić information content (AvgIpc) is 2.38. The number of amides is 1. The van der Waals surface area contributed by atoms with Crippen molar-refractivity contribution in [1.82, 2.24) is 0 Å². The van der Waals surface area contributed by atoms with Gasteiger partial charge in [0.15, 0.2) is 6.61 Å². The molecule has 0 aromatic heterocycles. The Kier molecular flexibility index (Phi) is 5.32. The lowest BCUT2D eigenvalue weighted by molar-refractivity contribution is -0.139. The van der Waals surface area contributed by atoms with Crippen LogP contribution in [0.25, 0.3) is 0 Å². The first-order valence-corrected chi connectivity index (χ1v) is 5.73. The molecule has 2 N–H and O–H groups in total. The highest BCUT2D eigenvalue weighted by Crippen LogP contribution is 2.21. The predicted molar refractivity (Wildman–Crippen MR) is 69.4 cm³/mol. The lowest BCUT2D eigenvalue weighted by Crippen LogP contribution is -2.26. The van der Waals surface area contributed by atoms with Gasteiger partial charge in [0.1, 0.15) is 11.9 Å². The van der Waals surface area contributed by atoms with Crippen molar-refractivity contribution in [1.29, 1.82) is 0 Å². The molecule has 0 spiro atoms. The average molecular weight is 267 g/mol. The second-order valence-corrected chi connectivity index (χ2v) is 4.03. The minimum Gasteiger partial charge on any atom is -0.482 e. The molecule has 0 saturated carbocycles. The first kappa shape index (κ1) is 15.0. The number of carboxylic acids is 1. The van der Waals surface area contributed by atoms with Crippen LogP contribution in [0.5, 0.6) is 5.75 Å². The number of carbonyl (C=O) groups excluding carboxylic acids is 1. The summed E-state index contributed by atoms with van der Waals surface area (Å²) in [6, 6.07) is 4.92. The number of carboxylic acid groups (broad SMARTS) is 1.